The quantitative estimate of drug-likeness (QED) is 0.763. The van der Waals surface area contributed by atoms with Crippen LogP contribution in [0.4, 0.5) is 4.79 Å². The van der Waals surface area contributed by atoms with Crippen molar-refractivity contribution in [1.29, 1.82) is 0 Å². The monoisotopic (exact) mass is 399 g/mol. The van der Waals surface area contributed by atoms with Gasteiger partial charge in [0, 0.05) is 37.1 Å². The summed E-state index contributed by atoms with van der Waals surface area (Å²) in [5.74, 6) is 1.88. The molecule has 7 nitrogen and oxygen atoms in total. The molecular formula is C22H29N3O4. The molecule has 2 aliphatic rings. The highest BCUT2D eigenvalue weighted by Gasteiger charge is 2.30. The first kappa shape index (κ1) is 19.9. The van der Waals surface area contributed by atoms with Crippen molar-refractivity contribution in [3.63, 3.8) is 0 Å². The van der Waals surface area contributed by atoms with E-state index < -0.39 is 5.60 Å². The van der Waals surface area contributed by atoms with E-state index in [0.717, 1.165) is 38.0 Å². The summed E-state index contributed by atoms with van der Waals surface area (Å²) in [4.78, 5) is 18.6. The lowest BCUT2D eigenvalue weighted by Gasteiger charge is -2.32. The number of hydrogen-bond donors (Lipinski definition) is 0. The summed E-state index contributed by atoms with van der Waals surface area (Å²) in [7, 11) is 0. The molecule has 2 saturated heterocycles. The Morgan fingerprint density at radius 3 is 2.66 bits per heavy atom. The average molecular weight is 399 g/mol. The summed E-state index contributed by atoms with van der Waals surface area (Å²) in [5, 5.41) is 4.21. The first-order valence-corrected chi connectivity index (χ1v) is 10.4. The number of rotatable bonds is 3. The van der Waals surface area contributed by atoms with Crippen LogP contribution in [0, 0.1) is 0 Å². The second kappa shape index (κ2) is 8.14. The van der Waals surface area contributed by atoms with E-state index in [1.54, 1.807) is 4.90 Å². The van der Waals surface area contributed by atoms with E-state index >= 15 is 0 Å². The molecule has 1 aromatic heterocycles. The molecule has 156 valence electrons. The van der Waals surface area contributed by atoms with Gasteiger partial charge in [-0.25, -0.2) is 4.79 Å². The number of benzene rings is 1. The van der Waals surface area contributed by atoms with Gasteiger partial charge in [0.05, 0.1) is 6.61 Å². The van der Waals surface area contributed by atoms with E-state index in [1.807, 2.05) is 32.9 Å². The highest BCUT2D eigenvalue weighted by Crippen LogP contribution is 2.31. The van der Waals surface area contributed by atoms with Crippen LogP contribution in [0.5, 0.6) is 0 Å². The first-order chi connectivity index (χ1) is 13.9. The fourth-order valence-electron chi connectivity index (χ4n) is 3.88. The second-order valence-electron chi connectivity index (χ2n) is 8.88. The molecule has 0 saturated carbocycles. The zero-order valence-corrected chi connectivity index (χ0v) is 17.4. The second-order valence-corrected chi connectivity index (χ2v) is 8.88. The number of carbonyl (C=O) groups excluding carboxylic acids is 1. The Balaban J connectivity index is 1.39. The van der Waals surface area contributed by atoms with E-state index in [9.17, 15) is 4.79 Å². The zero-order valence-electron chi connectivity index (χ0n) is 17.4. The van der Waals surface area contributed by atoms with Gasteiger partial charge in [-0.05, 0) is 51.7 Å². The molecule has 0 N–H and O–H groups in total. The molecule has 1 atom stereocenters. The predicted octanol–water partition coefficient (Wildman–Crippen LogP) is 4.36. The van der Waals surface area contributed by atoms with Crippen LogP contribution in [0.1, 0.15) is 63.3 Å². The topological polar surface area (TPSA) is 77.7 Å². The highest BCUT2D eigenvalue weighted by molar-refractivity contribution is 5.68. The van der Waals surface area contributed by atoms with Crippen molar-refractivity contribution < 1.29 is 18.8 Å². The molecule has 3 heterocycles. The minimum atomic E-state index is -0.478. The van der Waals surface area contributed by atoms with Crippen LogP contribution in [-0.2, 0) is 9.47 Å². The molecule has 1 aromatic carbocycles. The van der Waals surface area contributed by atoms with Crippen molar-refractivity contribution in [2.24, 2.45) is 0 Å². The molecule has 7 heteroatoms. The van der Waals surface area contributed by atoms with Crippen LogP contribution in [-0.4, -0.2) is 53.0 Å². The number of ether oxygens (including phenoxy) is 2. The minimum Gasteiger partial charge on any atom is -0.444 e. The van der Waals surface area contributed by atoms with Crippen molar-refractivity contribution in [3.05, 3.63) is 35.7 Å². The normalized spacial score (nSPS) is 20.8. The van der Waals surface area contributed by atoms with Crippen LogP contribution in [0.15, 0.2) is 28.8 Å². The van der Waals surface area contributed by atoms with Gasteiger partial charge < -0.3 is 18.9 Å². The smallest absolute Gasteiger partial charge is 0.410 e. The summed E-state index contributed by atoms with van der Waals surface area (Å²) in [6.45, 7) is 8.51. The lowest BCUT2D eigenvalue weighted by molar-refractivity contribution is 0.0198. The van der Waals surface area contributed by atoms with Crippen molar-refractivity contribution >= 4 is 6.09 Å². The number of piperidine rings is 1. The number of carbonyl (C=O) groups is 1. The third-order valence-electron chi connectivity index (χ3n) is 5.48. The van der Waals surface area contributed by atoms with Gasteiger partial charge in [-0.15, -0.1) is 0 Å². The summed E-state index contributed by atoms with van der Waals surface area (Å²) in [5.41, 5.74) is 1.75. The Morgan fingerprint density at radius 1 is 1.17 bits per heavy atom. The standard InChI is InChI=1S/C22H29N3O4/c1-22(2,3)28-21(26)25-10-7-15(8-11-25)20-23-19(24-29-20)17-6-4-5-16(13-17)18-9-12-27-14-18/h4-6,13,15,18H,7-12,14H2,1-3H3. The lowest BCUT2D eigenvalue weighted by Crippen LogP contribution is -2.41. The van der Waals surface area contributed by atoms with E-state index in [1.165, 1.54) is 5.56 Å². The van der Waals surface area contributed by atoms with Gasteiger partial charge in [-0.1, -0.05) is 23.4 Å². The molecule has 4 rings (SSSR count). The predicted molar refractivity (Wildman–Crippen MR) is 108 cm³/mol. The molecule has 0 bridgehead atoms. The van der Waals surface area contributed by atoms with Crippen molar-refractivity contribution in [2.75, 3.05) is 26.3 Å². The third kappa shape index (κ3) is 4.78. The van der Waals surface area contributed by atoms with Crippen molar-refractivity contribution in [3.8, 4) is 11.4 Å². The molecule has 1 amide bonds. The van der Waals surface area contributed by atoms with Crippen LogP contribution in [0.3, 0.4) is 0 Å². The minimum absolute atomic E-state index is 0.168. The van der Waals surface area contributed by atoms with Crippen LogP contribution >= 0.6 is 0 Å². The van der Waals surface area contributed by atoms with Crippen LogP contribution in [0.2, 0.25) is 0 Å². The largest absolute Gasteiger partial charge is 0.444 e. The van der Waals surface area contributed by atoms with Gasteiger partial charge in [-0.3, -0.25) is 0 Å². The van der Waals surface area contributed by atoms with Gasteiger partial charge >= 0.3 is 6.09 Å². The summed E-state index contributed by atoms with van der Waals surface area (Å²) < 4.78 is 16.5. The fraction of sp³-hybridized carbons (Fsp3) is 0.591. The van der Waals surface area contributed by atoms with E-state index in [0.29, 0.717) is 30.7 Å². The molecule has 2 aliphatic heterocycles. The number of likely N-dealkylation sites (tertiary alicyclic amines) is 1. The number of hydrogen-bond acceptors (Lipinski definition) is 6. The van der Waals surface area contributed by atoms with E-state index in [2.05, 4.69) is 22.3 Å². The van der Waals surface area contributed by atoms with E-state index in [-0.39, 0.29) is 12.0 Å². The van der Waals surface area contributed by atoms with Gasteiger partial charge in [0.15, 0.2) is 0 Å². The SMILES string of the molecule is CC(C)(C)OC(=O)N1CCC(c2nc(-c3cccc(C4CCOC4)c3)no2)CC1. The van der Waals surface area contributed by atoms with Crippen molar-refractivity contribution in [2.45, 2.75) is 57.5 Å². The molecule has 2 fully saturated rings. The van der Waals surface area contributed by atoms with Crippen LogP contribution < -0.4 is 0 Å². The molecular weight excluding hydrogens is 370 g/mol. The third-order valence-corrected chi connectivity index (χ3v) is 5.48. The maximum atomic E-state index is 12.2. The number of amides is 1. The van der Waals surface area contributed by atoms with E-state index in [4.69, 9.17) is 14.0 Å². The maximum Gasteiger partial charge on any atom is 0.410 e. The number of aromatic nitrogens is 2. The Hall–Kier alpha value is -2.41. The zero-order chi connectivity index (χ0) is 20.4. The highest BCUT2D eigenvalue weighted by atomic mass is 16.6. The molecule has 0 aliphatic carbocycles. The van der Waals surface area contributed by atoms with Gasteiger partial charge in [0.2, 0.25) is 11.7 Å². The van der Waals surface area contributed by atoms with Crippen LogP contribution in [0.25, 0.3) is 11.4 Å². The molecule has 0 spiro atoms. The molecule has 0 radical (unpaired) electrons. The summed E-state index contributed by atoms with van der Waals surface area (Å²) >= 11 is 0. The average Bonchev–Trinajstić information content (AvgIpc) is 3.39. The summed E-state index contributed by atoms with van der Waals surface area (Å²) in [6, 6.07) is 8.33. The van der Waals surface area contributed by atoms with Gasteiger partial charge in [0.25, 0.3) is 0 Å². The van der Waals surface area contributed by atoms with Gasteiger partial charge in [0.1, 0.15) is 5.60 Å². The van der Waals surface area contributed by atoms with Crippen molar-refractivity contribution in [1.82, 2.24) is 15.0 Å². The first-order valence-electron chi connectivity index (χ1n) is 10.4. The Bertz CT molecular complexity index is 844. The number of nitrogens with zero attached hydrogens (tertiary/aromatic N) is 3. The molecule has 2 aromatic rings. The van der Waals surface area contributed by atoms with Gasteiger partial charge in [-0.2, -0.15) is 4.98 Å². The summed E-state index contributed by atoms with van der Waals surface area (Å²) in [6.07, 6.45) is 2.38. The Labute approximate surface area is 171 Å². The fourth-order valence-corrected chi connectivity index (χ4v) is 3.88. The maximum absolute atomic E-state index is 12.2. The Morgan fingerprint density at radius 2 is 1.97 bits per heavy atom. The molecule has 29 heavy (non-hydrogen) atoms. The molecule has 1 unspecified atom stereocenters. The Kier molecular flexibility index (Phi) is 5.58. The lowest BCUT2D eigenvalue weighted by atomic mass is 9.96.